The first-order valence-corrected chi connectivity index (χ1v) is 7.72. The lowest BCUT2D eigenvalue weighted by atomic mass is 9.90. The average molecular weight is 284 g/mol. The van der Waals surface area contributed by atoms with E-state index in [0.29, 0.717) is 19.1 Å². The molecule has 2 N–H and O–H groups in total. The molecule has 0 amide bonds. The summed E-state index contributed by atoms with van der Waals surface area (Å²) in [6.45, 7) is 6.85. The van der Waals surface area contributed by atoms with Crippen LogP contribution in [0.2, 0.25) is 0 Å². The molecule has 1 aliphatic carbocycles. The number of rotatable bonds is 6. The number of carbonyl (C=O) groups excluding carboxylic acids is 1. The Bertz CT molecular complexity index is 346. The van der Waals surface area contributed by atoms with Crippen molar-refractivity contribution >= 4 is 5.97 Å². The Morgan fingerprint density at radius 1 is 1.40 bits per heavy atom. The lowest BCUT2D eigenvalue weighted by molar-refractivity contribution is -0.152. The average Bonchev–Trinajstić information content (AvgIpc) is 3.25. The first-order valence-electron chi connectivity index (χ1n) is 7.72. The van der Waals surface area contributed by atoms with Crippen molar-refractivity contribution in [1.82, 2.24) is 4.90 Å². The number of carbonyl (C=O) groups is 1. The van der Waals surface area contributed by atoms with Crippen LogP contribution in [-0.4, -0.2) is 55.9 Å². The Balaban J connectivity index is 1.99. The summed E-state index contributed by atoms with van der Waals surface area (Å²) in [4.78, 5) is 14.5. The van der Waals surface area contributed by atoms with Crippen molar-refractivity contribution in [2.45, 2.75) is 44.8 Å². The van der Waals surface area contributed by atoms with Crippen LogP contribution in [0, 0.1) is 11.8 Å². The molecule has 2 rings (SSSR count). The topological polar surface area (TPSA) is 64.8 Å². The Labute approximate surface area is 121 Å². The van der Waals surface area contributed by atoms with E-state index in [1.165, 1.54) is 0 Å². The molecule has 0 spiro atoms. The number of ether oxygens (including phenoxy) is 2. The van der Waals surface area contributed by atoms with Crippen LogP contribution in [-0.2, 0) is 14.3 Å². The quantitative estimate of drug-likeness (QED) is 0.738. The lowest BCUT2D eigenvalue weighted by Gasteiger charge is -2.40. The number of hydrogen-bond acceptors (Lipinski definition) is 5. The van der Waals surface area contributed by atoms with E-state index in [-0.39, 0.29) is 18.0 Å². The van der Waals surface area contributed by atoms with Gasteiger partial charge in [-0.15, -0.1) is 0 Å². The summed E-state index contributed by atoms with van der Waals surface area (Å²) in [7, 11) is 1.76. The molecule has 2 fully saturated rings. The number of methoxy groups -OCH3 is 1. The summed E-state index contributed by atoms with van der Waals surface area (Å²) in [5.74, 6) is 0.601. The van der Waals surface area contributed by atoms with Crippen LogP contribution in [0.15, 0.2) is 0 Å². The summed E-state index contributed by atoms with van der Waals surface area (Å²) >= 11 is 0. The SMILES string of the molecule is CCOC(=O)C(N)(CN1CCC(C)C(OC)C1)C1CC1. The zero-order valence-corrected chi connectivity index (χ0v) is 12.9. The highest BCUT2D eigenvalue weighted by molar-refractivity contribution is 5.82. The van der Waals surface area contributed by atoms with Crippen molar-refractivity contribution in [2.75, 3.05) is 33.4 Å². The largest absolute Gasteiger partial charge is 0.465 e. The Morgan fingerprint density at radius 2 is 2.10 bits per heavy atom. The summed E-state index contributed by atoms with van der Waals surface area (Å²) in [6, 6.07) is 0. The number of likely N-dealkylation sites (tertiary alicyclic amines) is 1. The van der Waals surface area contributed by atoms with Gasteiger partial charge in [0.1, 0.15) is 5.54 Å². The molecule has 3 unspecified atom stereocenters. The van der Waals surface area contributed by atoms with Gasteiger partial charge in [0.05, 0.1) is 12.7 Å². The third-order valence-corrected chi connectivity index (χ3v) is 4.72. The maximum Gasteiger partial charge on any atom is 0.327 e. The summed E-state index contributed by atoms with van der Waals surface area (Å²) in [5.41, 5.74) is 5.59. The molecule has 0 aromatic heterocycles. The van der Waals surface area contributed by atoms with E-state index in [1.54, 1.807) is 7.11 Å². The molecule has 1 saturated heterocycles. The van der Waals surface area contributed by atoms with E-state index in [4.69, 9.17) is 15.2 Å². The van der Waals surface area contributed by atoms with Gasteiger partial charge in [-0.05, 0) is 44.6 Å². The van der Waals surface area contributed by atoms with Gasteiger partial charge in [-0.1, -0.05) is 6.92 Å². The predicted molar refractivity (Wildman–Crippen MR) is 77.3 cm³/mol. The minimum Gasteiger partial charge on any atom is -0.465 e. The smallest absolute Gasteiger partial charge is 0.327 e. The molecule has 0 aromatic rings. The highest BCUT2D eigenvalue weighted by Gasteiger charge is 2.50. The van der Waals surface area contributed by atoms with E-state index >= 15 is 0 Å². The Hall–Kier alpha value is -0.650. The minimum atomic E-state index is -0.838. The second-order valence-corrected chi connectivity index (χ2v) is 6.31. The molecule has 0 bridgehead atoms. The molecule has 0 aromatic carbocycles. The van der Waals surface area contributed by atoms with Crippen LogP contribution in [0.4, 0.5) is 0 Å². The van der Waals surface area contributed by atoms with E-state index < -0.39 is 5.54 Å². The Morgan fingerprint density at radius 3 is 2.65 bits per heavy atom. The normalized spacial score (nSPS) is 30.8. The minimum absolute atomic E-state index is 0.231. The maximum absolute atomic E-state index is 12.2. The van der Waals surface area contributed by atoms with Gasteiger partial charge in [-0.25, -0.2) is 4.79 Å². The van der Waals surface area contributed by atoms with Gasteiger partial charge < -0.3 is 15.2 Å². The first kappa shape index (κ1) is 15.7. The molecule has 5 heteroatoms. The number of esters is 1. The van der Waals surface area contributed by atoms with Gasteiger partial charge in [-0.2, -0.15) is 0 Å². The highest BCUT2D eigenvalue weighted by atomic mass is 16.5. The lowest BCUT2D eigenvalue weighted by Crippen LogP contribution is -2.60. The zero-order valence-electron chi connectivity index (χ0n) is 12.9. The van der Waals surface area contributed by atoms with Crippen LogP contribution >= 0.6 is 0 Å². The molecule has 5 nitrogen and oxygen atoms in total. The van der Waals surface area contributed by atoms with Gasteiger partial charge in [0.25, 0.3) is 0 Å². The van der Waals surface area contributed by atoms with Crippen molar-refractivity contribution in [2.24, 2.45) is 17.6 Å². The van der Waals surface area contributed by atoms with E-state index in [1.807, 2.05) is 6.92 Å². The van der Waals surface area contributed by atoms with E-state index in [9.17, 15) is 4.79 Å². The van der Waals surface area contributed by atoms with E-state index in [2.05, 4.69) is 11.8 Å². The van der Waals surface area contributed by atoms with Gasteiger partial charge in [0.15, 0.2) is 0 Å². The number of nitrogens with zero attached hydrogens (tertiary/aromatic N) is 1. The van der Waals surface area contributed by atoms with Crippen molar-refractivity contribution < 1.29 is 14.3 Å². The third-order valence-electron chi connectivity index (χ3n) is 4.72. The van der Waals surface area contributed by atoms with Crippen LogP contribution < -0.4 is 5.73 Å². The second kappa shape index (κ2) is 6.41. The molecule has 1 aliphatic heterocycles. The molecule has 3 atom stereocenters. The molecule has 1 heterocycles. The van der Waals surface area contributed by atoms with Gasteiger partial charge in [0.2, 0.25) is 0 Å². The highest BCUT2D eigenvalue weighted by Crippen LogP contribution is 2.40. The second-order valence-electron chi connectivity index (χ2n) is 6.31. The van der Waals surface area contributed by atoms with Gasteiger partial charge >= 0.3 is 5.97 Å². The fourth-order valence-electron chi connectivity index (χ4n) is 3.14. The molecule has 20 heavy (non-hydrogen) atoms. The first-order chi connectivity index (χ1) is 9.51. The third kappa shape index (κ3) is 3.32. The van der Waals surface area contributed by atoms with Crippen LogP contribution in [0.25, 0.3) is 0 Å². The number of hydrogen-bond donors (Lipinski definition) is 1. The fraction of sp³-hybridized carbons (Fsp3) is 0.933. The van der Waals surface area contributed by atoms with Crippen molar-refractivity contribution in [3.05, 3.63) is 0 Å². The molecule has 0 radical (unpaired) electrons. The summed E-state index contributed by atoms with van der Waals surface area (Å²) < 4.78 is 10.7. The van der Waals surface area contributed by atoms with Crippen molar-refractivity contribution in [1.29, 1.82) is 0 Å². The maximum atomic E-state index is 12.2. The Kier molecular flexibility index (Phi) is 5.04. The van der Waals surface area contributed by atoms with Crippen molar-refractivity contribution in [3.8, 4) is 0 Å². The molecule has 116 valence electrons. The summed E-state index contributed by atoms with van der Waals surface area (Å²) in [6.07, 6.45) is 3.39. The van der Waals surface area contributed by atoms with Crippen LogP contribution in [0.5, 0.6) is 0 Å². The predicted octanol–water partition coefficient (Wildman–Crippen LogP) is 1.01. The zero-order chi connectivity index (χ0) is 14.8. The summed E-state index contributed by atoms with van der Waals surface area (Å²) in [5, 5.41) is 0. The standard InChI is InChI=1S/C15H28N2O3/c1-4-20-14(18)15(16,12-5-6-12)10-17-8-7-11(2)13(9-17)19-3/h11-13H,4-10,16H2,1-3H3. The van der Waals surface area contributed by atoms with Gasteiger partial charge in [-0.3, -0.25) is 4.90 Å². The number of nitrogens with two attached hydrogens (primary N) is 1. The van der Waals surface area contributed by atoms with Gasteiger partial charge in [0, 0.05) is 20.2 Å². The number of piperidine rings is 1. The molecular weight excluding hydrogens is 256 g/mol. The molecule has 2 aliphatic rings. The monoisotopic (exact) mass is 284 g/mol. The molecular formula is C15H28N2O3. The fourth-order valence-corrected chi connectivity index (χ4v) is 3.14. The van der Waals surface area contributed by atoms with E-state index in [0.717, 1.165) is 32.4 Å². The molecule has 1 saturated carbocycles. The van der Waals surface area contributed by atoms with Crippen molar-refractivity contribution in [3.63, 3.8) is 0 Å². The van der Waals surface area contributed by atoms with Crippen LogP contribution in [0.3, 0.4) is 0 Å². The van der Waals surface area contributed by atoms with Crippen LogP contribution in [0.1, 0.15) is 33.1 Å².